The summed E-state index contributed by atoms with van der Waals surface area (Å²) >= 11 is 1.49. The van der Waals surface area contributed by atoms with Gasteiger partial charge in [0.25, 0.3) is 0 Å². The van der Waals surface area contributed by atoms with Crippen LogP contribution in [0.4, 0.5) is 5.13 Å². The molecule has 6 nitrogen and oxygen atoms in total. The van der Waals surface area contributed by atoms with E-state index in [0.717, 1.165) is 22.2 Å². The maximum absolute atomic E-state index is 11.8. The molecule has 28 heavy (non-hydrogen) atoms. The summed E-state index contributed by atoms with van der Waals surface area (Å²) in [6, 6.07) is 17.2. The van der Waals surface area contributed by atoms with Gasteiger partial charge in [-0.25, -0.2) is 9.78 Å². The SMILES string of the molecule is CCOC(=O)c1cc2cc(C=NNc3nc(-c4ccccc4)cs3)ccc2o1. The van der Waals surface area contributed by atoms with Crippen molar-refractivity contribution >= 4 is 39.6 Å². The molecular weight excluding hydrogens is 374 g/mol. The molecule has 0 bridgehead atoms. The smallest absolute Gasteiger partial charge is 0.374 e. The van der Waals surface area contributed by atoms with E-state index in [0.29, 0.717) is 17.3 Å². The first-order chi connectivity index (χ1) is 13.7. The molecule has 0 aliphatic carbocycles. The number of ether oxygens (including phenoxy) is 1. The highest BCUT2D eigenvalue weighted by atomic mass is 32.1. The van der Waals surface area contributed by atoms with E-state index in [1.165, 1.54) is 11.3 Å². The molecular formula is C21H17N3O3S. The Morgan fingerprint density at radius 1 is 1.25 bits per heavy atom. The second kappa shape index (κ2) is 8.06. The molecule has 0 saturated carbocycles. The van der Waals surface area contributed by atoms with Crippen LogP contribution in [0, 0.1) is 0 Å². The molecule has 0 amide bonds. The molecule has 4 rings (SSSR count). The van der Waals surface area contributed by atoms with E-state index in [1.807, 2.05) is 47.8 Å². The number of hydrazone groups is 1. The fraction of sp³-hybridized carbons (Fsp3) is 0.0952. The first kappa shape index (κ1) is 17.9. The fourth-order valence-electron chi connectivity index (χ4n) is 2.67. The minimum Gasteiger partial charge on any atom is -0.460 e. The quantitative estimate of drug-likeness (QED) is 0.278. The summed E-state index contributed by atoms with van der Waals surface area (Å²) in [5.74, 6) is -0.270. The minimum absolute atomic E-state index is 0.195. The molecule has 0 radical (unpaired) electrons. The lowest BCUT2D eigenvalue weighted by atomic mass is 10.2. The zero-order valence-electron chi connectivity index (χ0n) is 15.1. The summed E-state index contributed by atoms with van der Waals surface area (Å²) in [5, 5.41) is 7.76. The molecule has 1 N–H and O–H groups in total. The van der Waals surface area contributed by atoms with E-state index in [4.69, 9.17) is 9.15 Å². The number of hydrogen-bond donors (Lipinski definition) is 1. The zero-order chi connectivity index (χ0) is 19.3. The van der Waals surface area contributed by atoms with Crippen LogP contribution in [-0.2, 0) is 4.74 Å². The molecule has 0 spiro atoms. The highest BCUT2D eigenvalue weighted by Gasteiger charge is 2.13. The number of hydrogen-bond acceptors (Lipinski definition) is 7. The molecule has 0 atom stereocenters. The van der Waals surface area contributed by atoms with Gasteiger partial charge in [0.2, 0.25) is 10.9 Å². The number of rotatable bonds is 6. The molecule has 0 aliphatic rings. The summed E-state index contributed by atoms with van der Waals surface area (Å²) < 4.78 is 10.5. The Hall–Kier alpha value is -3.45. The van der Waals surface area contributed by atoms with E-state index >= 15 is 0 Å². The number of carbonyl (C=O) groups is 1. The van der Waals surface area contributed by atoms with E-state index < -0.39 is 5.97 Å². The van der Waals surface area contributed by atoms with Crippen LogP contribution in [0.2, 0.25) is 0 Å². The normalized spacial score (nSPS) is 11.2. The number of thiazole rings is 1. The van der Waals surface area contributed by atoms with Crippen molar-refractivity contribution < 1.29 is 13.9 Å². The van der Waals surface area contributed by atoms with Crippen molar-refractivity contribution in [1.82, 2.24) is 4.98 Å². The predicted molar refractivity (Wildman–Crippen MR) is 111 cm³/mol. The van der Waals surface area contributed by atoms with Crippen LogP contribution in [0.5, 0.6) is 0 Å². The third-order valence-electron chi connectivity index (χ3n) is 3.96. The molecule has 140 valence electrons. The van der Waals surface area contributed by atoms with Crippen molar-refractivity contribution in [2.45, 2.75) is 6.92 Å². The molecule has 0 fully saturated rings. The van der Waals surface area contributed by atoms with Crippen LogP contribution in [0.1, 0.15) is 23.0 Å². The molecule has 0 unspecified atom stereocenters. The van der Waals surface area contributed by atoms with E-state index in [1.54, 1.807) is 25.3 Å². The van der Waals surface area contributed by atoms with Crippen LogP contribution in [-0.4, -0.2) is 23.8 Å². The average Bonchev–Trinajstić information content (AvgIpc) is 3.36. The van der Waals surface area contributed by atoms with Crippen molar-refractivity contribution in [3.05, 3.63) is 71.3 Å². The maximum Gasteiger partial charge on any atom is 0.374 e. The Bertz CT molecular complexity index is 1130. The lowest BCUT2D eigenvalue weighted by molar-refractivity contribution is 0.0492. The van der Waals surface area contributed by atoms with Gasteiger partial charge < -0.3 is 9.15 Å². The fourth-order valence-corrected chi connectivity index (χ4v) is 3.34. The average molecular weight is 391 g/mol. The lowest BCUT2D eigenvalue weighted by Gasteiger charge is -1.96. The van der Waals surface area contributed by atoms with Crippen LogP contribution in [0.15, 0.2) is 69.5 Å². The number of nitrogens with zero attached hydrogens (tertiary/aromatic N) is 2. The van der Waals surface area contributed by atoms with Crippen LogP contribution in [0.25, 0.3) is 22.2 Å². The van der Waals surface area contributed by atoms with E-state index in [9.17, 15) is 4.79 Å². The second-order valence-corrected chi connectivity index (χ2v) is 6.76. The molecule has 2 aromatic carbocycles. The number of nitrogens with one attached hydrogen (secondary N) is 1. The Morgan fingerprint density at radius 3 is 2.93 bits per heavy atom. The number of furan rings is 1. The Kier molecular flexibility index (Phi) is 5.16. The van der Waals surface area contributed by atoms with Crippen molar-refractivity contribution in [1.29, 1.82) is 0 Å². The summed E-state index contributed by atoms with van der Waals surface area (Å²) in [4.78, 5) is 16.3. The van der Waals surface area contributed by atoms with Gasteiger partial charge in [-0.05, 0) is 36.8 Å². The van der Waals surface area contributed by atoms with Gasteiger partial charge in [0.05, 0.1) is 18.5 Å². The third-order valence-corrected chi connectivity index (χ3v) is 4.71. The first-order valence-corrected chi connectivity index (χ1v) is 9.61. The Labute approximate surface area is 165 Å². The van der Waals surface area contributed by atoms with Crippen molar-refractivity contribution in [2.24, 2.45) is 5.10 Å². The van der Waals surface area contributed by atoms with Crippen LogP contribution in [0.3, 0.4) is 0 Å². The van der Waals surface area contributed by atoms with Gasteiger partial charge in [-0.15, -0.1) is 11.3 Å². The molecule has 0 aliphatic heterocycles. The Morgan fingerprint density at radius 2 is 2.11 bits per heavy atom. The number of benzene rings is 2. The van der Waals surface area contributed by atoms with Crippen LogP contribution >= 0.6 is 11.3 Å². The number of carbonyl (C=O) groups excluding carboxylic acids is 1. The van der Waals surface area contributed by atoms with Gasteiger partial charge >= 0.3 is 5.97 Å². The summed E-state index contributed by atoms with van der Waals surface area (Å²) in [7, 11) is 0. The number of aromatic nitrogens is 1. The third kappa shape index (κ3) is 3.94. The summed E-state index contributed by atoms with van der Waals surface area (Å²) in [6.45, 7) is 2.07. The van der Waals surface area contributed by atoms with Gasteiger partial charge in [-0.3, -0.25) is 5.43 Å². The highest BCUT2D eigenvalue weighted by Crippen LogP contribution is 2.25. The molecule has 2 aromatic heterocycles. The topological polar surface area (TPSA) is 76.7 Å². The number of esters is 1. The van der Waals surface area contributed by atoms with Gasteiger partial charge in [-0.1, -0.05) is 30.3 Å². The van der Waals surface area contributed by atoms with Crippen molar-refractivity contribution in [3.8, 4) is 11.3 Å². The summed E-state index contributed by atoms with van der Waals surface area (Å²) in [5.41, 5.74) is 6.43. The van der Waals surface area contributed by atoms with Gasteiger partial charge in [0.15, 0.2) is 0 Å². The van der Waals surface area contributed by atoms with Crippen molar-refractivity contribution in [3.63, 3.8) is 0 Å². The lowest BCUT2D eigenvalue weighted by Crippen LogP contribution is -2.02. The number of fused-ring (bicyclic) bond motifs is 1. The monoisotopic (exact) mass is 391 g/mol. The highest BCUT2D eigenvalue weighted by molar-refractivity contribution is 7.14. The minimum atomic E-state index is -0.464. The van der Waals surface area contributed by atoms with E-state index in [-0.39, 0.29) is 5.76 Å². The number of anilines is 1. The van der Waals surface area contributed by atoms with Crippen LogP contribution < -0.4 is 5.43 Å². The van der Waals surface area contributed by atoms with Crippen molar-refractivity contribution in [2.75, 3.05) is 12.0 Å². The second-order valence-electron chi connectivity index (χ2n) is 5.90. The molecule has 4 aromatic rings. The zero-order valence-corrected chi connectivity index (χ0v) is 15.9. The summed E-state index contributed by atoms with van der Waals surface area (Å²) in [6.07, 6.45) is 1.69. The standard InChI is InChI=1S/C21H17N3O3S/c1-2-26-20(25)19-11-16-10-14(8-9-18(16)27-19)12-22-24-21-23-17(13-28-21)15-6-4-3-5-7-15/h3-13H,2H2,1H3,(H,23,24). The first-order valence-electron chi connectivity index (χ1n) is 8.73. The van der Waals surface area contributed by atoms with Gasteiger partial charge in [-0.2, -0.15) is 5.10 Å². The maximum atomic E-state index is 11.8. The molecule has 7 heteroatoms. The molecule has 0 saturated heterocycles. The Balaban J connectivity index is 1.45. The van der Waals surface area contributed by atoms with Gasteiger partial charge in [0, 0.05) is 16.3 Å². The predicted octanol–water partition coefficient (Wildman–Crippen LogP) is 5.18. The molecule has 2 heterocycles. The van der Waals surface area contributed by atoms with E-state index in [2.05, 4.69) is 15.5 Å². The largest absolute Gasteiger partial charge is 0.460 e. The van der Waals surface area contributed by atoms with Gasteiger partial charge in [0.1, 0.15) is 5.58 Å².